The van der Waals surface area contributed by atoms with Crippen LogP contribution in [-0.4, -0.2) is 35.6 Å². The minimum Gasteiger partial charge on any atom is -0.397 e. The van der Waals surface area contributed by atoms with Gasteiger partial charge in [0.05, 0.1) is 11.2 Å². The van der Waals surface area contributed by atoms with E-state index >= 15 is 0 Å². The van der Waals surface area contributed by atoms with Gasteiger partial charge in [0.2, 0.25) is 0 Å². The Morgan fingerprint density at radius 3 is 2.68 bits per heavy atom. The number of fused-ring (bicyclic) bond motifs is 1. The Morgan fingerprint density at radius 2 is 2.11 bits per heavy atom. The first-order valence-electron chi connectivity index (χ1n) is 5.47. The number of nitrogens with two attached hydrogens (primary N) is 1. The number of nitrogens with one attached hydrogen (secondary N) is 1. The normalized spacial score (nSPS) is 11.8. The van der Waals surface area contributed by atoms with Gasteiger partial charge in [-0.2, -0.15) is 13.2 Å². The molecule has 1 aromatic carbocycles. The molecule has 0 bridgehead atoms. The molecule has 0 atom stereocenters. The lowest BCUT2D eigenvalue weighted by molar-refractivity contribution is -0.138. The number of amides is 1. The lowest BCUT2D eigenvalue weighted by Crippen LogP contribution is -2.35. The van der Waals surface area contributed by atoms with Gasteiger partial charge in [0.15, 0.2) is 0 Å². The third-order valence-electron chi connectivity index (χ3n) is 2.68. The molecular formula is C12H12F3N3O. The number of carbonyl (C=O) groups excluding carboxylic acids is 1. The van der Waals surface area contributed by atoms with Crippen LogP contribution in [0.5, 0.6) is 0 Å². The number of para-hydroxylation sites is 1. The molecule has 0 saturated heterocycles. The van der Waals surface area contributed by atoms with E-state index in [1.54, 1.807) is 18.2 Å². The van der Waals surface area contributed by atoms with Gasteiger partial charge in [-0.05, 0) is 12.1 Å². The minimum atomic E-state index is -4.42. The maximum absolute atomic E-state index is 12.2. The molecule has 7 heteroatoms. The number of halogens is 3. The van der Waals surface area contributed by atoms with Crippen molar-refractivity contribution in [2.75, 3.05) is 19.3 Å². The zero-order valence-electron chi connectivity index (χ0n) is 10.1. The summed E-state index contributed by atoms with van der Waals surface area (Å²) >= 11 is 0. The summed E-state index contributed by atoms with van der Waals surface area (Å²) in [6.07, 6.45) is -4.42. The molecule has 19 heavy (non-hydrogen) atoms. The predicted molar refractivity (Wildman–Crippen MR) is 65.7 cm³/mol. The van der Waals surface area contributed by atoms with Crippen LogP contribution in [0.15, 0.2) is 24.3 Å². The highest BCUT2D eigenvalue weighted by atomic mass is 19.4. The van der Waals surface area contributed by atoms with Crippen molar-refractivity contribution in [1.29, 1.82) is 0 Å². The highest BCUT2D eigenvalue weighted by Gasteiger charge is 2.31. The van der Waals surface area contributed by atoms with Crippen molar-refractivity contribution in [1.82, 2.24) is 9.88 Å². The monoisotopic (exact) mass is 271 g/mol. The maximum Gasteiger partial charge on any atom is 0.406 e. The van der Waals surface area contributed by atoms with E-state index in [0.29, 0.717) is 21.5 Å². The Bertz CT molecular complexity index is 618. The van der Waals surface area contributed by atoms with Gasteiger partial charge in [0.25, 0.3) is 5.91 Å². The van der Waals surface area contributed by atoms with Gasteiger partial charge in [0, 0.05) is 12.4 Å². The number of rotatable bonds is 2. The molecule has 0 aliphatic rings. The summed E-state index contributed by atoms with van der Waals surface area (Å²) < 4.78 is 36.7. The number of anilines is 1. The summed E-state index contributed by atoms with van der Waals surface area (Å²) in [4.78, 5) is 15.2. The number of hydrogen-bond acceptors (Lipinski definition) is 2. The average molecular weight is 271 g/mol. The number of alkyl halides is 3. The van der Waals surface area contributed by atoms with Crippen LogP contribution in [0.3, 0.4) is 0 Å². The topological polar surface area (TPSA) is 62.1 Å². The summed E-state index contributed by atoms with van der Waals surface area (Å²) in [5.74, 6) is -0.729. The molecule has 102 valence electrons. The predicted octanol–water partition coefficient (Wildman–Crippen LogP) is 2.38. The van der Waals surface area contributed by atoms with E-state index in [9.17, 15) is 18.0 Å². The maximum atomic E-state index is 12.2. The number of hydrogen-bond donors (Lipinski definition) is 2. The minimum absolute atomic E-state index is 0.0830. The molecule has 0 radical (unpaired) electrons. The van der Waals surface area contributed by atoms with E-state index in [2.05, 4.69) is 4.98 Å². The van der Waals surface area contributed by atoms with Crippen molar-refractivity contribution in [3.05, 3.63) is 30.0 Å². The lowest BCUT2D eigenvalue weighted by atomic mass is 10.2. The Labute approximate surface area is 107 Å². The van der Waals surface area contributed by atoms with Gasteiger partial charge >= 0.3 is 6.18 Å². The van der Waals surface area contributed by atoms with Crippen molar-refractivity contribution in [2.45, 2.75) is 6.18 Å². The van der Waals surface area contributed by atoms with Crippen LogP contribution >= 0.6 is 0 Å². The number of nitrogen functional groups attached to an aromatic ring is 1. The Balaban J connectivity index is 2.29. The van der Waals surface area contributed by atoms with Crippen molar-refractivity contribution in [3.63, 3.8) is 0 Å². The van der Waals surface area contributed by atoms with E-state index in [4.69, 9.17) is 5.73 Å². The first-order valence-corrected chi connectivity index (χ1v) is 5.47. The van der Waals surface area contributed by atoms with Crippen molar-refractivity contribution < 1.29 is 18.0 Å². The molecule has 3 N–H and O–H groups in total. The Morgan fingerprint density at radius 1 is 1.42 bits per heavy atom. The third-order valence-corrected chi connectivity index (χ3v) is 2.68. The highest BCUT2D eigenvalue weighted by Crippen LogP contribution is 2.22. The van der Waals surface area contributed by atoms with Gasteiger partial charge in [-0.3, -0.25) is 4.79 Å². The molecule has 0 spiro atoms. The molecule has 0 aliphatic heterocycles. The molecule has 1 aromatic heterocycles. The zero-order chi connectivity index (χ0) is 14.2. The van der Waals surface area contributed by atoms with Crippen LogP contribution in [0.1, 0.15) is 10.5 Å². The molecule has 0 saturated carbocycles. The van der Waals surface area contributed by atoms with Crippen LogP contribution < -0.4 is 5.73 Å². The molecule has 0 fully saturated rings. The summed E-state index contributed by atoms with van der Waals surface area (Å²) in [7, 11) is 1.10. The van der Waals surface area contributed by atoms with Crippen LogP contribution in [0, 0.1) is 0 Å². The van der Waals surface area contributed by atoms with E-state index in [1.807, 2.05) is 0 Å². The first kappa shape index (κ1) is 13.3. The van der Waals surface area contributed by atoms with Gasteiger partial charge < -0.3 is 15.6 Å². The number of benzene rings is 1. The quantitative estimate of drug-likeness (QED) is 0.824. The first-order chi connectivity index (χ1) is 8.78. The summed E-state index contributed by atoms with van der Waals surface area (Å²) in [6, 6.07) is 6.56. The van der Waals surface area contributed by atoms with Crippen molar-refractivity contribution in [2.24, 2.45) is 0 Å². The van der Waals surface area contributed by atoms with Crippen LogP contribution in [0.2, 0.25) is 0 Å². The molecule has 2 aromatic rings. The second kappa shape index (κ2) is 4.49. The van der Waals surface area contributed by atoms with E-state index in [1.165, 1.54) is 6.07 Å². The number of aromatic nitrogens is 1. The third kappa shape index (κ3) is 2.81. The largest absolute Gasteiger partial charge is 0.406 e. The number of aromatic amines is 1. The molecule has 4 nitrogen and oxygen atoms in total. The van der Waals surface area contributed by atoms with Crippen LogP contribution in [0.25, 0.3) is 10.9 Å². The smallest absolute Gasteiger partial charge is 0.397 e. The number of carbonyl (C=O) groups is 1. The molecule has 1 amide bonds. The zero-order valence-corrected chi connectivity index (χ0v) is 10.1. The van der Waals surface area contributed by atoms with Gasteiger partial charge in [-0.25, -0.2) is 0 Å². The SMILES string of the molecule is CN(CC(F)(F)F)C(=O)c1cc2cccc(N)c2[nH]1. The van der Waals surface area contributed by atoms with E-state index < -0.39 is 18.6 Å². The van der Waals surface area contributed by atoms with Crippen molar-refractivity contribution in [3.8, 4) is 0 Å². The lowest BCUT2D eigenvalue weighted by Gasteiger charge is -2.17. The van der Waals surface area contributed by atoms with Gasteiger partial charge in [-0.15, -0.1) is 0 Å². The second-order valence-electron chi connectivity index (χ2n) is 4.27. The van der Waals surface area contributed by atoms with Crippen molar-refractivity contribution >= 4 is 22.5 Å². The van der Waals surface area contributed by atoms with Gasteiger partial charge in [0.1, 0.15) is 12.2 Å². The van der Waals surface area contributed by atoms with Crippen LogP contribution in [0.4, 0.5) is 18.9 Å². The van der Waals surface area contributed by atoms with Crippen LogP contribution in [-0.2, 0) is 0 Å². The molecule has 0 aliphatic carbocycles. The fourth-order valence-electron chi connectivity index (χ4n) is 1.84. The number of nitrogens with zero attached hydrogens (tertiary/aromatic N) is 1. The molecule has 1 heterocycles. The van der Waals surface area contributed by atoms with Gasteiger partial charge in [-0.1, -0.05) is 12.1 Å². The Kier molecular flexibility index (Phi) is 3.13. The summed E-state index contributed by atoms with van der Waals surface area (Å²) in [6.45, 7) is -1.29. The summed E-state index contributed by atoms with van der Waals surface area (Å²) in [5, 5.41) is 0.684. The number of H-pyrrole nitrogens is 1. The molecule has 0 unspecified atom stereocenters. The fraction of sp³-hybridized carbons (Fsp3) is 0.250. The second-order valence-corrected chi connectivity index (χ2v) is 4.27. The highest BCUT2D eigenvalue weighted by molar-refractivity contribution is 6.00. The summed E-state index contributed by atoms with van der Waals surface area (Å²) in [5.41, 5.74) is 6.78. The van der Waals surface area contributed by atoms with E-state index in [-0.39, 0.29) is 5.69 Å². The molecular weight excluding hydrogens is 259 g/mol. The molecule has 2 rings (SSSR count). The van der Waals surface area contributed by atoms with E-state index in [0.717, 1.165) is 7.05 Å². The fourth-order valence-corrected chi connectivity index (χ4v) is 1.84. The average Bonchev–Trinajstić information content (AvgIpc) is 2.71. The standard InChI is InChI=1S/C12H12F3N3O/c1-18(6-12(13,14)15)11(19)9-5-7-3-2-4-8(16)10(7)17-9/h2-5,17H,6,16H2,1H3. The Hall–Kier alpha value is -2.18.